The number of hydrogen-bond donors (Lipinski definition) is 3. The highest BCUT2D eigenvalue weighted by Gasteiger charge is 2.08. The van der Waals surface area contributed by atoms with Crippen LogP contribution < -0.4 is 5.73 Å². The van der Waals surface area contributed by atoms with E-state index in [0.29, 0.717) is 16.8 Å². The Morgan fingerprint density at radius 1 is 1.24 bits per heavy atom. The third kappa shape index (κ3) is 3.49. The van der Waals surface area contributed by atoms with Gasteiger partial charge in [-0.05, 0) is 35.4 Å². The van der Waals surface area contributed by atoms with Gasteiger partial charge in [0.25, 0.3) is 0 Å². The van der Waals surface area contributed by atoms with E-state index < -0.39 is 11.9 Å². The summed E-state index contributed by atoms with van der Waals surface area (Å²) in [6, 6.07) is 4.51. The number of aliphatic carboxylic acids is 2. The second-order valence-electron chi connectivity index (χ2n) is 3.34. The van der Waals surface area contributed by atoms with E-state index in [-0.39, 0.29) is 5.57 Å². The number of carbonyl (C=O) groups is 2. The van der Waals surface area contributed by atoms with Crippen molar-refractivity contribution in [3.05, 3.63) is 42.0 Å². The molecule has 1 aromatic rings. The van der Waals surface area contributed by atoms with E-state index in [4.69, 9.17) is 15.9 Å². The summed E-state index contributed by atoms with van der Waals surface area (Å²) in [5.74, 6) is -2.24. The van der Waals surface area contributed by atoms with Crippen LogP contribution in [0.1, 0.15) is 11.1 Å². The molecule has 5 heteroatoms. The average molecular weight is 233 g/mol. The molecule has 0 unspecified atom stereocenters. The third-order valence-corrected chi connectivity index (χ3v) is 2.00. The number of carboxylic acid groups (broad SMARTS) is 2. The summed E-state index contributed by atoms with van der Waals surface area (Å²) < 4.78 is 0. The highest BCUT2D eigenvalue weighted by molar-refractivity contribution is 6.14. The molecule has 0 aliphatic rings. The second-order valence-corrected chi connectivity index (χ2v) is 3.34. The SMILES string of the molecule is C=C(C(=O)O)c1cc(N)cc(/C=C/C(=O)O)c1. The Kier molecular flexibility index (Phi) is 3.66. The van der Waals surface area contributed by atoms with Gasteiger partial charge in [0.15, 0.2) is 0 Å². The van der Waals surface area contributed by atoms with Gasteiger partial charge in [-0.3, -0.25) is 0 Å². The molecule has 0 saturated carbocycles. The van der Waals surface area contributed by atoms with Crippen LogP contribution >= 0.6 is 0 Å². The molecule has 0 aliphatic heterocycles. The van der Waals surface area contributed by atoms with Gasteiger partial charge in [0.2, 0.25) is 0 Å². The van der Waals surface area contributed by atoms with Crippen molar-refractivity contribution in [3.63, 3.8) is 0 Å². The summed E-state index contributed by atoms with van der Waals surface area (Å²) in [5, 5.41) is 17.3. The van der Waals surface area contributed by atoms with E-state index in [1.54, 1.807) is 0 Å². The Hall–Kier alpha value is -2.56. The highest BCUT2D eigenvalue weighted by Crippen LogP contribution is 2.19. The molecule has 0 saturated heterocycles. The fraction of sp³-hybridized carbons (Fsp3) is 0. The summed E-state index contributed by atoms with van der Waals surface area (Å²) in [4.78, 5) is 21.1. The van der Waals surface area contributed by atoms with Gasteiger partial charge >= 0.3 is 11.9 Å². The lowest BCUT2D eigenvalue weighted by Crippen LogP contribution is -1.99. The maximum atomic E-state index is 10.7. The average Bonchev–Trinajstić information content (AvgIpc) is 2.24. The van der Waals surface area contributed by atoms with E-state index in [1.165, 1.54) is 24.3 Å². The molecule has 0 fully saturated rings. The molecule has 0 radical (unpaired) electrons. The monoisotopic (exact) mass is 233 g/mol. The number of hydrogen-bond acceptors (Lipinski definition) is 3. The number of carboxylic acids is 2. The van der Waals surface area contributed by atoms with Crippen LogP contribution in [0.15, 0.2) is 30.9 Å². The van der Waals surface area contributed by atoms with Crippen molar-refractivity contribution in [1.29, 1.82) is 0 Å². The highest BCUT2D eigenvalue weighted by atomic mass is 16.4. The predicted molar refractivity (Wildman–Crippen MR) is 64.2 cm³/mol. The van der Waals surface area contributed by atoms with Gasteiger partial charge in [0.05, 0.1) is 5.57 Å². The maximum Gasteiger partial charge on any atom is 0.335 e. The Balaban J connectivity index is 3.15. The van der Waals surface area contributed by atoms with Gasteiger partial charge in [-0.2, -0.15) is 0 Å². The van der Waals surface area contributed by atoms with Crippen LogP contribution in [0.3, 0.4) is 0 Å². The van der Waals surface area contributed by atoms with Crippen molar-refractivity contribution in [3.8, 4) is 0 Å². The molecule has 4 N–H and O–H groups in total. The lowest BCUT2D eigenvalue weighted by molar-refractivity contribution is -0.131. The fourth-order valence-electron chi connectivity index (χ4n) is 1.24. The van der Waals surface area contributed by atoms with Gasteiger partial charge in [-0.25, -0.2) is 9.59 Å². The maximum absolute atomic E-state index is 10.7. The molecule has 0 spiro atoms. The van der Waals surface area contributed by atoms with Gasteiger partial charge in [-0.1, -0.05) is 6.58 Å². The fourth-order valence-corrected chi connectivity index (χ4v) is 1.24. The number of benzene rings is 1. The topological polar surface area (TPSA) is 101 Å². The molecule has 0 heterocycles. The van der Waals surface area contributed by atoms with Crippen LogP contribution in [0.4, 0.5) is 5.69 Å². The van der Waals surface area contributed by atoms with Gasteiger partial charge in [-0.15, -0.1) is 0 Å². The first-order chi connectivity index (χ1) is 7.90. The second kappa shape index (κ2) is 4.98. The zero-order chi connectivity index (χ0) is 13.0. The quantitative estimate of drug-likeness (QED) is 0.540. The van der Waals surface area contributed by atoms with Crippen LogP contribution in [0, 0.1) is 0 Å². The van der Waals surface area contributed by atoms with Crippen LogP contribution in [0.25, 0.3) is 11.6 Å². The predicted octanol–water partition coefficient (Wildman–Crippen LogP) is 1.46. The molecule has 0 bridgehead atoms. The number of nitrogens with two attached hydrogens (primary N) is 1. The van der Waals surface area contributed by atoms with E-state index >= 15 is 0 Å². The molecule has 0 atom stereocenters. The minimum atomic E-state index is -1.15. The minimum absolute atomic E-state index is 0.0951. The number of rotatable bonds is 4. The van der Waals surface area contributed by atoms with Gasteiger partial charge < -0.3 is 15.9 Å². The molecule has 1 rings (SSSR count). The first kappa shape index (κ1) is 12.5. The van der Waals surface area contributed by atoms with Crippen molar-refractivity contribution in [2.45, 2.75) is 0 Å². The van der Waals surface area contributed by atoms with E-state index in [9.17, 15) is 9.59 Å². The zero-order valence-corrected chi connectivity index (χ0v) is 8.88. The minimum Gasteiger partial charge on any atom is -0.478 e. The smallest absolute Gasteiger partial charge is 0.335 e. The Bertz CT molecular complexity index is 517. The molecular formula is C12H11NO4. The summed E-state index contributed by atoms with van der Waals surface area (Å²) in [6.45, 7) is 3.41. The Morgan fingerprint density at radius 3 is 2.41 bits per heavy atom. The standard InChI is InChI=1S/C12H11NO4/c1-7(12(16)17)9-4-8(2-3-11(14)15)5-10(13)6-9/h2-6H,1,13H2,(H,14,15)(H,16,17)/b3-2+. The largest absolute Gasteiger partial charge is 0.478 e. The van der Waals surface area contributed by atoms with Crippen LogP contribution in [-0.4, -0.2) is 22.2 Å². The lowest BCUT2D eigenvalue weighted by Gasteiger charge is -2.04. The summed E-state index contributed by atoms with van der Waals surface area (Å²) in [6.07, 6.45) is 2.28. The number of anilines is 1. The van der Waals surface area contributed by atoms with Gasteiger partial charge in [0, 0.05) is 11.8 Å². The first-order valence-corrected chi connectivity index (χ1v) is 4.64. The lowest BCUT2D eigenvalue weighted by atomic mass is 10.0. The molecule has 0 aliphatic carbocycles. The van der Waals surface area contributed by atoms with Crippen LogP contribution in [0.2, 0.25) is 0 Å². The molecule has 0 amide bonds. The molecule has 5 nitrogen and oxygen atoms in total. The van der Waals surface area contributed by atoms with E-state index in [2.05, 4.69) is 6.58 Å². The molecular weight excluding hydrogens is 222 g/mol. The third-order valence-electron chi connectivity index (χ3n) is 2.00. The normalized spacial score (nSPS) is 10.4. The van der Waals surface area contributed by atoms with Crippen molar-refractivity contribution >= 4 is 29.3 Å². The van der Waals surface area contributed by atoms with E-state index in [0.717, 1.165) is 6.08 Å². The number of nitrogen functional groups attached to an aromatic ring is 1. The Morgan fingerprint density at radius 2 is 1.88 bits per heavy atom. The Labute approximate surface area is 97.5 Å². The molecule has 17 heavy (non-hydrogen) atoms. The van der Waals surface area contributed by atoms with Gasteiger partial charge in [0.1, 0.15) is 0 Å². The van der Waals surface area contributed by atoms with Crippen molar-refractivity contribution in [2.24, 2.45) is 0 Å². The molecule has 88 valence electrons. The summed E-state index contributed by atoms with van der Waals surface area (Å²) >= 11 is 0. The summed E-state index contributed by atoms with van der Waals surface area (Å²) in [7, 11) is 0. The van der Waals surface area contributed by atoms with E-state index in [1.807, 2.05) is 0 Å². The summed E-state index contributed by atoms with van der Waals surface area (Å²) in [5.41, 5.74) is 6.69. The van der Waals surface area contributed by atoms with Crippen molar-refractivity contribution in [2.75, 3.05) is 5.73 Å². The molecule has 0 aromatic heterocycles. The first-order valence-electron chi connectivity index (χ1n) is 4.64. The van der Waals surface area contributed by atoms with Crippen molar-refractivity contribution in [1.82, 2.24) is 0 Å². The van der Waals surface area contributed by atoms with Crippen LogP contribution in [-0.2, 0) is 9.59 Å². The zero-order valence-electron chi connectivity index (χ0n) is 8.88. The molecule has 1 aromatic carbocycles. The van der Waals surface area contributed by atoms with Crippen molar-refractivity contribution < 1.29 is 19.8 Å². The van der Waals surface area contributed by atoms with Crippen LogP contribution in [0.5, 0.6) is 0 Å².